The molecule has 2 aromatic heterocycles. The number of hydrogen-bond acceptors (Lipinski definition) is 5. The molecule has 8 heteroatoms. The minimum atomic E-state index is -3.53. The van der Waals surface area contributed by atoms with Crippen molar-refractivity contribution in [2.75, 3.05) is 20.2 Å². The number of hydrogen-bond donors (Lipinski definition) is 0. The van der Waals surface area contributed by atoms with E-state index >= 15 is 0 Å². The number of sulfonamides is 1. The van der Waals surface area contributed by atoms with Gasteiger partial charge in [0.05, 0.1) is 12.0 Å². The number of aryl methyl sites for hydroxylation is 1. The van der Waals surface area contributed by atoms with Crippen LogP contribution in [0.2, 0.25) is 0 Å². The van der Waals surface area contributed by atoms with Gasteiger partial charge in [-0.1, -0.05) is 6.92 Å². The summed E-state index contributed by atoms with van der Waals surface area (Å²) in [5, 5.41) is 0. The molecular formula is C20H24N4O3S. The van der Waals surface area contributed by atoms with Crippen molar-refractivity contribution in [3.8, 4) is 5.75 Å². The molecule has 0 amide bonds. The van der Waals surface area contributed by atoms with Crippen LogP contribution in [0.1, 0.15) is 31.5 Å². The van der Waals surface area contributed by atoms with Crippen LogP contribution in [0.4, 0.5) is 0 Å². The molecule has 3 heterocycles. The van der Waals surface area contributed by atoms with Gasteiger partial charge < -0.3 is 9.30 Å². The zero-order chi connectivity index (χ0) is 19.7. The maximum absolute atomic E-state index is 13.0. The number of methoxy groups -OCH3 is 1. The van der Waals surface area contributed by atoms with E-state index in [0.717, 1.165) is 36.4 Å². The molecule has 1 aliphatic heterocycles. The Kier molecular flexibility index (Phi) is 5.07. The van der Waals surface area contributed by atoms with Gasteiger partial charge in [-0.15, -0.1) is 0 Å². The van der Waals surface area contributed by atoms with Crippen LogP contribution in [0, 0.1) is 0 Å². The predicted molar refractivity (Wildman–Crippen MR) is 107 cm³/mol. The van der Waals surface area contributed by atoms with E-state index in [2.05, 4.69) is 16.5 Å². The molecular weight excluding hydrogens is 376 g/mol. The Bertz CT molecular complexity index is 1080. The molecule has 1 aliphatic rings. The van der Waals surface area contributed by atoms with E-state index in [4.69, 9.17) is 9.72 Å². The Labute approximate surface area is 165 Å². The summed E-state index contributed by atoms with van der Waals surface area (Å²) in [6.45, 7) is 3.86. The van der Waals surface area contributed by atoms with Gasteiger partial charge in [-0.2, -0.15) is 4.31 Å². The van der Waals surface area contributed by atoms with Crippen LogP contribution in [0.25, 0.3) is 11.2 Å². The number of nitrogens with zero attached hydrogens (tertiary/aromatic N) is 4. The highest BCUT2D eigenvalue weighted by Gasteiger charge is 2.35. The molecule has 1 aromatic carbocycles. The van der Waals surface area contributed by atoms with Crippen molar-refractivity contribution in [3.05, 3.63) is 48.4 Å². The van der Waals surface area contributed by atoms with Gasteiger partial charge in [0.1, 0.15) is 17.1 Å². The molecule has 1 saturated heterocycles. The molecule has 148 valence electrons. The summed E-state index contributed by atoms with van der Waals surface area (Å²) in [5.74, 6) is 1.63. The number of imidazole rings is 1. The fraction of sp³-hybridized carbons (Fsp3) is 0.400. The lowest BCUT2D eigenvalue weighted by Crippen LogP contribution is -2.29. The number of ether oxygens (including phenoxy) is 1. The lowest BCUT2D eigenvalue weighted by molar-refractivity contribution is 0.414. The Morgan fingerprint density at radius 2 is 2.00 bits per heavy atom. The Balaban J connectivity index is 1.62. The summed E-state index contributed by atoms with van der Waals surface area (Å²) in [7, 11) is -1.97. The molecule has 1 fully saturated rings. The van der Waals surface area contributed by atoms with Crippen molar-refractivity contribution in [2.45, 2.75) is 37.1 Å². The average molecular weight is 401 g/mol. The Morgan fingerprint density at radius 3 is 2.71 bits per heavy atom. The highest BCUT2D eigenvalue weighted by molar-refractivity contribution is 7.89. The SMILES string of the molecule is CCCn1c(C2CCN(S(=O)(=O)c3ccc(OC)cc3)C2)nc2cccnc21. The first-order chi connectivity index (χ1) is 13.5. The lowest BCUT2D eigenvalue weighted by atomic mass is 10.1. The van der Waals surface area contributed by atoms with E-state index in [1.165, 1.54) is 0 Å². The maximum Gasteiger partial charge on any atom is 0.243 e. The molecule has 28 heavy (non-hydrogen) atoms. The van der Waals surface area contributed by atoms with Gasteiger partial charge in [0.2, 0.25) is 10.0 Å². The van der Waals surface area contributed by atoms with E-state index in [1.807, 2.05) is 12.1 Å². The third kappa shape index (κ3) is 3.27. The van der Waals surface area contributed by atoms with Crippen LogP contribution in [0.15, 0.2) is 47.5 Å². The summed E-state index contributed by atoms with van der Waals surface area (Å²) in [5.41, 5.74) is 1.73. The number of fused-ring (bicyclic) bond motifs is 1. The molecule has 4 rings (SSSR count). The average Bonchev–Trinajstić information content (AvgIpc) is 3.34. The number of benzene rings is 1. The largest absolute Gasteiger partial charge is 0.497 e. The van der Waals surface area contributed by atoms with Gasteiger partial charge >= 0.3 is 0 Å². The molecule has 1 atom stereocenters. The van der Waals surface area contributed by atoms with Gasteiger partial charge in [0, 0.05) is 31.7 Å². The van der Waals surface area contributed by atoms with Crippen molar-refractivity contribution in [1.82, 2.24) is 18.8 Å². The normalized spacial score (nSPS) is 18.0. The van der Waals surface area contributed by atoms with Crippen LogP contribution >= 0.6 is 0 Å². The standard InChI is InChI=1S/C20H24N4O3S/c1-3-12-24-19(22-18-5-4-11-21-20(18)24)15-10-13-23(14-15)28(25,26)17-8-6-16(27-2)7-9-17/h4-9,11,15H,3,10,12-14H2,1-2H3. The lowest BCUT2D eigenvalue weighted by Gasteiger charge is -2.17. The minimum absolute atomic E-state index is 0.0637. The van der Waals surface area contributed by atoms with Crippen LogP contribution in [0.3, 0.4) is 0 Å². The zero-order valence-corrected chi connectivity index (χ0v) is 16.9. The predicted octanol–water partition coefficient (Wildman–Crippen LogP) is 3.03. The Hall–Kier alpha value is -2.45. The number of rotatable bonds is 6. The van der Waals surface area contributed by atoms with Gasteiger partial charge in [-0.05, 0) is 49.2 Å². The molecule has 3 aromatic rings. The third-order valence-electron chi connectivity index (χ3n) is 5.19. The van der Waals surface area contributed by atoms with Gasteiger partial charge in [-0.25, -0.2) is 18.4 Å². The third-order valence-corrected chi connectivity index (χ3v) is 7.07. The maximum atomic E-state index is 13.0. The molecule has 0 saturated carbocycles. The second kappa shape index (κ2) is 7.52. The first kappa shape index (κ1) is 18.9. The molecule has 0 radical (unpaired) electrons. The minimum Gasteiger partial charge on any atom is -0.497 e. The molecule has 0 aliphatic carbocycles. The highest BCUT2D eigenvalue weighted by Crippen LogP contribution is 2.32. The first-order valence-corrected chi connectivity index (χ1v) is 10.9. The smallest absolute Gasteiger partial charge is 0.243 e. The summed E-state index contributed by atoms with van der Waals surface area (Å²) < 4.78 is 34.9. The van der Waals surface area contributed by atoms with Crippen LogP contribution in [0.5, 0.6) is 5.75 Å². The molecule has 7 nitrogen and oxygen atoms in total. The Morgan fingerprint density at radius 1 is 1.21 bits per heavy atom. The second-order valence-corrected chi connectivity index (χ2v) is 8.93. The van der Waals surface area contributed by atoms with E-state index in [0.29, 0.717) is 18.8 Å². The quantitative estimate of drug-likeness (QED) is 0.636. The number of pyridine rings is 1. The van der Waals surface area contributed by atoms with Gasteiger partial charge in [0.15, 0.2) is 5.65 Å². The molecule has 0 N–H and O–H groups in total. The zero-order valence-electron chi connectivity index (χ0n) is 16.1. The first-order valence-electron chi connectivity index (χ1n) is 9.50. The second-order valence-electron chi connectivity index (χ2n) is 6.99. The van der Waals surface area contributed by atoms with Crippen molar-refractivity contribution >= 4 is 21.2 Å². The highest BCUT2D eigenvalue weighted by atomic mass is 32.2. The topological polar surface area (TPSA) is 77.3 Å². The molecule has 1 unspecified atom stereocenters. The van der Waals surface area contributed by atoms with Gasteiger partial charge in [-0.3, -0.25) is 0 Å². The van der Waals surface area contributed by atoms with Crippen molar-refractivity contribution in [3.63, 3.8) is 0 Å². The van der Waals surface area contributed by atoms with Crippen LogP contribution in [-0.2, 0) is 16.6 Å². The van der Waals surface area contributed by atoms with Crippen LogP contribution in [-0.4, -0.2) is 47.5 Å². The van der Waals surface area contributed by atoms with E-state index in [-0.39, 0.29) is 10.8 Å². The summed E-state index contributed by atoms with van der Waals surface area (Å²) in [4.78, 5) is 9.56. The van der Waals surface area contributed by atoms with E-state index in [1.54, 1.807) is 41.9 Å². The van der Waals surface area contributed by atoms with Gasteiger partial charge in [0.25, 0.3) is 0 Å². The van der Waals surface area contributed by atoms with Crippen molar-refractivity contribution in [1.29, 1.82) is 0 Å². The van der Waals surface area contributed by atoms with Crippen molar-refractivity contribution < 1.29 is 13.2 Å². The van der Waals surface area contributed by atoms with Crippen molar-refractivity contribution in [2.24, 2.45) is 0 Å². The molecule has 0 bridgehead atoms. The summed E-state index contributed by atoms with van der Waals surface area (Å²) in [6.07, 6.45) is 3.49. The van der Waals surface area contributed by atoms with Crippen LogP contribution < -0.4 is 4.74 Å². The number of aromatic nitrogens is 3. The fourth-order valence-corrected chi connectivity index (χ4v) is 5.29. The fourth-order valence-electron chi connectivity index (χ4n) is 3.79. The molecule has 0 spiro atoms. The summed E-state index contributed by atoms with van der Waals surface area (Å²) in [6, 6.07) is 10.4. The monoisotopic (exact) mass is 400 g/mol. The summed E-state index contributed by atoms with van der Waals surface area (Å²) >= 11 is 0. The van der Waals surface area contributed by atoms with E-state index in [9.17, 15) is 8.42 Å². The van der Waals surface area contributed by atoms with E-state index < -0.39 is 10.0 Å².